The number of nitrogens with one attached hydrogen (secondary N) is 1. The van der Waals surface area contributed by atoms with Gasteiger partial charge in [0.15, 0.2) is 0 Å². The van der Waals surface area contributed by atoms with E-state index in [0.29, 0.717) is 23.7 Å². The van der Waals surface area contributed by atoms with E-state index in [9.17, 15) is 9.18 Å². The zero-order chi connectivity index (χ0) is 16.1. The van der Waals surface area contributed by atoms with Gasteiger partial charge in [-0.3, -0.25) is 4.79 Å². The Labute approximate surface area is 130 Å². The highest BCUT2D eigenvalue weighted by Crippen LogP contribution is 2.23. The van der Waals surface area contributed by atoms with Crippen molar-refractivity contribution in [2.75, 3.05) is 0 Å². The molecule has 0 saturated carbocycles. The Morgan fingerprint density at radius 1 is 1.36 bits per heavy atom. The number of rotatable bonds is 6. The van der Waals surface area contributed by atoms with Gasteiger partial charge in [-0.2, -0.15) is 0 Å². The van der Waals surface area contributed by atoms with Gasteiger partial charge in [-0.05, 0) is 18.4 Å². The molecule has 0 bridgehead atoms. The van der Waals surface area contributed by atoms with Crippen molar-refractivity contribution in [1.29, 1.82) is 0 Å². The highest BCUT2D eigenvalue weighted by molar-refractivity contribution is 5.76. The summed E-state index contributed by atoms with van der Waals surface area (Å²) in [6.07, 6.45) is 4.65. The summed E-state index contributed by atoms with van der Waals surface area (Å²) < 4.78 is 15.9. The highest BCUT2D eigenvalue weighted by atomic mass is 19.1. The van der Waals surface area contributed by atoms with Crippen LogP contribution in [0.1, 0.15) is 44.1 Å². The van der Waals surface area contributed by atoms with Crippen LogP contribution in [-0.2, 0) is 11.8 Å². The lowest BCUT2D eigenvalue weighted by Crippen LogP contribution is -2.31. The van der Waals surface area contributed by atoms with E-state index in [1.807, 2.05) is 7.05 Å². The quantitative estimate of drug-likeness (QED) is 0.891. The second kappa shape index (κ2) is 7.20. The number of imidazole rings is 1. The molecule has 2 aromatic rings. The monoisotopic (exact) mass is 303 g/mol. The van der Waals surface area contributed by atoms with E-state index in [0.717, 1.165) is 6.42 Å². The van der Waals surface area contributed by atoms with Crippen LogP contribution < -0.4 is 5.32 Å². The molecule has 1 aromatic carbocycles. The third-order valence-corrected chi connectivity index (χ3v) is 3.59. The van der Waals surface area contributed by atoms with Gasteiger partial charge in [-0.1, -0.05) is 32.0 Å². The second-order valence-corrected chi connectivity index (χ2v) is 5.85. The molecule has 0 spiro atoms. The largest absolute Gasteiger partial charge is 0.342 e. The Morgan fingerprint density at radius 2 is 2.09 bits per heavy atom. The maximum atomic E-state index is 14.1. The lowest BCUT2D eigenvalue weighted by molar-refractivity contribution is -0.121. The lowest BCUT2D eigenvalue weighted by Gasteiger charge is -2.20. The average molecular weight is 303 g/mol. The molecule has 5 heteroatoms. The van der Waals surface area contributed by atoms with Crippen molar-refractivity contribution in [1.82, 2.24) is 14.9 Å². The normalized spacial score (nSPS) is 12.4. The van der Waals surface area contributed by atoms with Crippen molar-refractivity contribution in [2.45, 2.75) is 32.7 Å². The van der Waals surface area contributed by atoms with Crippen molar-refractivity contribution >= 4 is 5.91 Å². The molecular formula is C17H22FN3O. The van der Waals surface area contributed by atoms with E-state index in [1.165, 1.54) is 6.07 Å². The van der Waals surface area contributed by atoms with Crippen LogP contribution in [0.2, 0.25) is 0 Å². The first-order chi connectivity index (χ1) is 10.5. The minimum absolute atomic E-state index is 0.0926. The Morgan fingerprint density at radius 3 is 2.68 bits per heavy atom. The molecule has 0 aliphatic carbocycles. The standard InChI is InChI=1S/C17H22FN3O/c1-12(2)8-9-15(22)20-16(17-19-10-11-21(17)3)13-6-4-5-7-14(13)18/h4-7,10-12,16H,8-9H2,1-3H3,(H,20,22)/t16-/m0/s1. The Hall–Kier alpha value is -2.17. The molecule has 0 radical (unpaired) electrons. The van der Waals surface area contributed by atoms with Crippen molar-refractivity contribution in [3.63, 3.8) is 0 Å². The average Bonchev–Trinajstić information content (AvgIpc) is 2.89. The van der Waals surface area contributed by atoms with Crippen LogP contribution in [0.15, 0.2) is 36.7 Å². The third-order valence-electron chi connectivity index (χ3n) is 3.59. The molecule has 0 aliphatic rings. The van der Waals surface area contributed by atoms with Gasteiger partial charge < -0.3 is 9.88 Å². The van der Waals surface area contributed by atoms with E-state index >= 15 is 0 Å². The molecule has 2 rings (SSSR count). The summed E-state index contributed by atoms with van der Waals surface area (Å²) in [5, 5.41) is 2.91. The zero-order valence-corrected chi connectivity index (χ0v) is 13.2. The number of aromatic nitrogens is 2. The molecule has 1 aromatic heterocycles. The maximum absolute atomic E-state index is 14.1. The third kappa shape index (κ3) is 3.93. The number of hydrogen-bond donors (Lipinski definition) is 1. The number of carbonyl (C=O) groups is 1. The van der Waals surface area contributed by atoms with Crippen LogP contribution in [-0.4, -0.2) is 15.5 Å². The molecule has 0 saturated heterocycles. The van der Waals surface area contributed by atoms with E-state index in [2.05, 4.69) is 24.1 Å². The Balaban J connectivity index is 2.26. The van der Waals surface area contributed by atoms with Gasteiger partial charge in [0, 0.05) is 31.4 Å². The van der Waals surface area contributed by atoms with Gasteiger partial charge in [0.05, 0.1) is 0 Å². The molecule has 0 unspecified atom stereocenters. The first kappa shape index (κ1) is 16.2. The molecule has 1 amide bonds. The summed E-state index contributed by atoms with van der Waals surface area (Å²) in [7, 11) is 1.83. The number of halogens is 1. The van der Waals surface area contributed by atoms with E-state index in [-0.39, 0.29) is 11.7 Å². The van der Waals surface area contributed by atoms with Gasteiger partial charge in [0.25, 0.3) is 0 Å². The first-order valence-electron chi connectivity index (χ1n) is 7.50. The summed E-state index contributed by atoms with van der Waals surface area (Å²) in [6.45, 7) is 4.14. The predicted octanol–water partition coefficient (Wildman–Crippen LogP) is 3.20. The van der Waals surface area contributed by atoms with Gasteiger partial charge in [-0.15, -0.1) is 0 Å². The van der Waals surface area contributed by atoms with Crippen LogP contribution in [0.4, 0.5) is 4.39 Å². The number of nitrogens with zero attached hydrogens (tertiary/aromatic N) is 2. The zero-order valence-electron chi connectivity index (χ0n) is 13.2. The second-order valence-electron chi connectivity index (χ2n) is 5.85. The van der Waals surface area contributed by atoms with E-state index < -0.39 is 6.04 Å². The number of benzene rings is 1. The summed E-state index contributed by atoms with van der Waals surface area (Å²) >= 11 is 0. The fourth-order valence-electron chi connectivity index (χ4n) is 2.30. The van der Waals surface area contributed by atoms with Gasteiger partial charge in [-0.25, -0.2) is 9.37 Å². The molecule has 0 aliphatic heterocycles. The minimum Gasteiger partial charge on any atom is -0.342 e. The SMILES string of the molecule is CC(C)CCC(=O)N[C@@H](c1ccccc1F)c1nccn1C. The van der Waals surface area contributed by atoms with Gasteiger partial charge >= 0.3 is 0 Å². The van der Waals surface area contributed by atoms with Crippen LogP contribution in [0.5, 0.6) is 0 Å². The minimum atomic E-state index is -0.583. The highest BCUT2D eigenvalue weighted by Gasteiger charge is 2.23. The van der Waals surface area contributed by atoms with Crippen LogP contribution >= 0.6 is 0 Å². The molecule has 22 heavy (non-hydrogen) atoms. The molecule has 118 valence electrons. The van der Waals surface area contributed by atoms with E-state index in [1.54, 1.807) is 35.2 Å². The number of carbonyl (C=O) groups excluding carboxylic acids is 1. The van der Waals surface area contributed by atoms with Crippen LogP contribution in [0.3, 0.4) is 0 Å². The fraction of sp³-hybridized carbons (Fsp3) is 0.412. The van der Waals surface area contributed by atoms with Crippen LogP contribution in [0, 0.1) is 11.7 Å². The number of hydrogen-bond acceptors (Lipinski definition) is 2. The topological polar surface area (TPSA) is 46.9 Å². The summed E-state index contributed by atoms with van der Waals surface area (Å²) in [6, 6.07) is 5.88. The summed E-state index contributed by atoms with van der Waals surface area (Å²) in [5.41, 5.74) is 0.426. The molecule has 4 nitrogen and oxygen atoms in total. The molecule has 1 heterocycles. The maximum Gasteiger partial charge on any atom is 0.220 e. The van der Waals surface area contributed by atoms with E-state index in [4.69, 9.17) is 0 Å². The van der Waals surface area contributed by atoms with Gasteiger partial charge in [0.1, 0.15) is 17.7 Å². The predicted molar refractivity (Wildman–Crippen MR) is 83.7 cm³/mol. The summed E-state index contributed by atoms with van der Waals surface area (Å²) in [4.78, 5) is 16.4. The molecular weight excluding hydrogens is 281 g/mol. The fourth-order valence-corrected chi connectivity index (χ4v) is 2.30. The number of amides is 1. The van der Waals surface area contributed by atoms with Crippen LogP contribution in [0.25, 0.3) is 0 Å². The first-order valence-corrected chi connectivity index (χ1v) is 7.50. The molecule has 0 fully saturated rings. The van der Waals surface area contributed by atoms with Crippen molar-refractivity contribution in [2.24, 2.45) is 13.0 Å². The lowest BCUT2D eigenvalue weighted by atomic mass is 10.0. The molecule has 1 N–H and O–H groups in total. The smallest absolute Gasteiger partial charge is 0.220 e. The Kier molecular flexibility index (Phi) is 5.31. The van der Waals surface area contributed by atoms with Crippen molar-refractivity contribution < 1.29 is 9.18 Å². The van der Waals surface area contributed by atoms with Gasteiger partial charge in [0.2, 0.25) is 5.91 Å². The molecule has 1 atom stereocenters. The summed E-state index contributed by atoms with van der Waals surface area (Å²) in [5.74, 6) is 0.624. The number of aryl methyl sites for hydroxylation is 1. The van der Waals surface area contributed by atoms with Crippen molar-refractivity contribution in [3.05, 3.63) is 53.9 Å². The van der Waals surface area contributed by atoms with Crippen molar-refractivity contribution in [3.8, 4) is 0 Å². The Bertz CT molecular complexity index is 636.